The quantitative estimate of drug-likeness (QED) is 0.618. The summed E-state index contributed by atoms with van der Waals surface area (Å²) in [5.41, 5.74) is 0. The monoisotopic (exact) mass is 189 g/mol. The number of nitrogens with one attached hydrogen (secondary N) is 1. The molecule has 0 aromatic rings. The van der Waals surface area contributed by atoms with Crippen molar-refractivity contribution in [3.63, 3.8) is 0 Å². The van der Waals surface area contributed by atoms with Gasteiger partial charge in [0.15, 0.2) is 0 Å². The Morgan fingerprint density at radius 2 is 1.92 bits per heavy atom. The zero-order valence-electron chi connectivity index (χ0n) is 8.89. The van der Waals surface area contributed by atoms with E-state index in [1.165, 1.54) is 25.1 Å². The van der Waals surface area contributed by atoms with E-state index in [1.807, 2.05) is 0 Å². The van der Waals surface area contributed by atoms with E-state index in [0.29, 0.717) is 6.04 Å². The first-order valence-electron chi connectivity index (χ1n) is 5.01. The molecule has 0 heterocycles. The van der Waals surface area contributed by atoms with Gasteiger partial charge in [0.2, 0.25) is 0 Å². The predicted molar refractivity (Wildman–Crippen MR) is 60.0 cm³/mol. The topological polar surface area (TPSA) is 12.0 Å². The largest absolute Gasteiger partial charge is 0.315 e. The molecule has 0 rings (SSSR count). The Morgan fingerprint density at radius 1 is 1.25 bits per heavy atom. The highest BCUT2D eigenvalue weighted by molar-refractivity contribution is 7.99. The standard InChI is InChI=1S/C10H23NS/c1-5-10(4)12-8-6-7-11-9(2)3/h9-11H,5-8H2,1-4H3. The molecule has 74 valence electrons. The summed E-state index contributed by atoms with van der Waals surface area (Å²) in [5, 5.41) is 4.26. The summed E-state index contributed by atoms with van der Waals surface area (Å²) >= 11 is 2.09. The Kier molecular flexibility index (Phi) is 8.14. The summed E-state index contributed by atoms with van der Waals surface area (Å²) in [5.74, 6) is 1.30. The molecular weight excluding hydrogens is 166 g/mol. The molecule has 0 saturated carbocycles. The molecule has 12 heavy (non-hydrogen) atoms. The summed E-state index contributed by atoms with van der Waals surface area (Å²) < 4.78 is 0. The molecule has 0 aromatic heterocycles. The molecule has 0 radical (unpaired) electrons. The van der Waals surface area contributed by atoms with Crippen molar-refractivity contribution in [3.05, 3.63) is 0 Å². The molecule has 0 aromatic carbocycles. The van der Waals surface area contributed by atoms with Gasteiger partial charge in [-0.25, -0.2) is 0 Å². The lowest BCUT2D eigenvalue weighted by molar-refractivity contribution is 0.585. The van der Waals surface area contributed by atoms with E-state index in [9.17, 15) is 0 Å². The second kappa shape index (κ2) is 7.93. The van der Waals surface area contributed by atoms with E-state index < -0.39 is 0 Å². The van der Waals surface area contributed by atoms with Crippen LogP contribution in [0.4, 0.5) is 0 Å². The Balaban J connectivity index is 3.00. The van der Waals surface area contributed by atoms with Crippen LogP contribution in [0.25, 0.3) is 0 Å². The third-order valence-electron chi connectivity index (χ3n) is 1.85. The Bertz CT molecular complexity index is 93.8. The van der Waals surface area contributed by atoms with E-state index in [1.54, 1.807) is 0 Å². The second-order valence-corrected chi connectivity index (χ2v) is 5.10. The average molecular weight is 189 g/mol. The third-order valence-corrected chi connectivity index (χ3v) is 3.28. The van der Waals surface area contributed by atoms with Crippen LogP contribution >= 0.6 is 11.8 Å². The number of hydrogen-bond donors (Lipinski definition) is 1. The minimum atomic E-state index is 0.638. The number of rotatable bonds is 7. The van der Waals surface area contributed by atoms with Crippen molar-refractivity contribution in [2.24, 2.45) is 0 Å². The molecule has 0 saturated heterocycles. The van der Waals surface area contributed by atoms with Crippen LogP contribution in [-0.4, -0.2) is 23.6 Å². The number of thioether (sulfide) groups is 1. The van der Waals surface area contributed by atoms with Crippen LogP contribution in [0.3, 0.4) is 0 Å². The van der Waals surface area contributed by atoms with Gasteiger partial charge in [0, 0.05) is 11.3 Å². The van der Waals surface area contributed by atoms with Crippen LogP contribution in [0, 0.1) is 0 Å². The lowest BCUT2D eigenvalue weighted by atomic mass is 10.4. The van der Waals surface area contributed by atoms with Crippen molar-refractivity contribution in [3.8, 4) is 0 Å². The first-order chi connectivity index (χ1) is 5.66. The normalized spacial score (nSPS) is 13.8. The molecule has 0 amide bonds. The molecule has 1 atom stereocenters. The van der Waals surface area contributed by atoms with Crippen molar-refractivity contribution in [2.45, 2.75) is 51.8 Å². The predicted octanol–water partition coefficient (Wildman–Crippen LogP) is 2.91. The first-order valence-corrected chi connectivity index (χ1v) is 6.06. The van der Waals surface area contributed by atoms with Gasteiger partial charge in [-0.3, -0.25) is 0 Å². The highest BCUT2D eigenvalue weighted by Crippen LogP contribution is 2.13. The fraction of sp³-hybridized carbons (Fsp3) is 1.00. The molecule has 0 bridgehead atoms. The molecule has 0 spiro atoms. The fourth-order valence-electron chi connectivity index (χ4n) is 0.865. The maximum absolute atomic E-state index is 3.42. The van der Waals surface area contributed by atoms with Crippen LogP contribution in [0.1, 0.15) is 40.5 Å². The number of hydrogen-bond acceptors (Lipinski definition) is 2. The van der Waals surface area contributed by atoms with Gasteiger partial charge in [0.05, 0.1) is 0 Å². The maximum Gasteiger partial charge on any atom is 0.00161 e. The van der Waals surface area contributed by atoms with Crippen LogP contribution in [0.15, 0.2) is 0 Å². The zero-order valence-corrected chi connectivity index (χ0v) is 9.71. The van der Waals surface area contributed by atoms with E-state index >= 15 is 0 Å². The summed E-state index contributed by atoms with van der Waals surface area (Å²) in [7, 11) is 0. The van der Waals surface area contributed by atoms with E-state index in [4.69, 9.17) is 0 Å². The van der Waals surface area contributed by atoms with Crippen LogP contribution < -0.4 is 5.32 Å². The molecule has 1 unspecified atom stereocenters. The molecule has 0 aliphatic carbocycles. The van der Waals surface area contributed by atoms with Crippen LogP contribution in [-0.2, 0) is 0 Å². The van der Waals surface area contributed by atoms with Crippen molar-refractivity contribution in [2.75, 3.05) is 12.3 Å². The van der Waals surface area contributed by atoms with Gasteiger partial charge >= 0.3 is 0 Å². The van der Waals surface area contributed by atoms with Gasteiger partial charge in [-0.05, 0) is 25.1 Å². The minimum absolute atomic E-state index is 0.638. The van der Waals surface area contributed by atoms with Gasteiger partial charge in [0.25, 0.3) is 0 Å². The van der Waals surface area contributed by atoms with Gasteiger partial charge in [-0.1, -0.05) is 27.7 Å². The molecule has 0 fully saturated rings. The van der Waals surface area contributed by atoms with Gasteiger partial charge in [-0.2, -0.15) is 11.8 Å². The highest BCUT2D eigenvalue weighted by atomic mass is 32.2. The Hall–Kier alpha value is 0.310. The highest BCUT2D eigenvalue weighted by Gasteiger charge is 1.98. The van der Waals surface area contributed by atoms with Crippen molar-refractivity contribution < 1.29 is 0 Å². The van der Waals surface area contributed by atoms with Crippen LogP contribution in [0.2, 0.25) is 0 Å². The summed E-state index contributed by atoms with van der Waals surface area (Å²) in [6.07, 6.45) is 2.59. The molecule has 1 N–H and O–H groups in total. The fourth-order valence-corrected chi connectivity index (χ4v) is 1.81. The van der Waals surface area contributed by atoms with Crippen molar-refractivity contribution in [1.82, 2.24) is 5.32 Å². The average Bonchev–Trinajstić information content (AvgIpc) is 2.03. The third kappa shape index (κ3) is 8.41. The second-order valence-electron chi connectivity index (χ2n) is 3.55. The van der Waals surface area contributed by atoms with E-state index in [-0.39, 0.29) is 0 Å². The van der Waals surface area contributed by atoms with E-state index in [0.717, 1.165) is 5.25 Å². The lowest BCUT2D eigenvalue weighted by Crippen LogP contribution is -2.24. The molecule has 1 nitrogen and oxygen atoms in total. The lowest BCUT2D eigenvalue weighted by Gasteiger charge is -2.09. The van der Waals surface area contributed by atoms with Crippen molar-refractivity contribution >= 4 is 11.8 Å². The van der Waals surface area contributed by atoms with Crippen LogP contribution in [0.5, 0.6) is 0 Å². The summed E-state index contributed by atoms with van der Waals surface area (Å²) in [6, 6.07) is 0.638. The summed E-state index contributed by atoms with van der Waals surface area (Å²) in [6.45, 7) is 10.1. The summed E-state index contributed by atoms with van der Waals surface area (Å²) in [4.78, 5) is 0. The minimum Gasteiger partial charge on any atom is -0.315 e. The Labute approximate surface area is 81.7 Å². The van der Waals surface area contributed by atoms with Crippen molar-refractivity contribution in [1.29, 1.82) is 0 Å². The first kappa shape index (κ1) is 12.3. The van der Waals surface area contributed by atoms with E-state index in [2.05, 4.69) is 44.8 Å². The SMILES string of the molecule is CCC(C)SCCCNC(C)C. The van der Waals surface area contributed by atoms with Gasteiger partial charge in [-0.15, -0.1) is 0 Å². The molecule has 0 aliphatic heterocycles. The maximum atomic E-state index is 3.42. The Morgan fingerprint density at radius 3 is 2.42 bits per heavy atom. The van der Waals surface area contributed by atoms with Gasteiger partial charge in [0.1, 0.15) is 0 Å². The van der Waals surface area contributed by atoms with Gasteiger partial charge < -0.3 is 5.32 Å². The molecule has 0 aliphatic rings. The smallest absolute Gasteiger partial charge is 0.00161 e. The zero-order chi connectivity index (χ0) is 9.40. The molecule has 2 heteroatoms. The molecular formula is C10H23NS.